The molecule has 3 N–H and O–H groups in total. The van der Waals surface area contributed by atoms with Crippen molar-refractivity contribution in [1.82, 2.24) is 25.2 Å². The van der Waals surface area contributed by atoms with Gasteiger partial charge in [0.2, 0.25) is 27.7 Å². The second-order valence-corrected chi connectivity index (χ2v) is 18.8. The van der Waals surface area contributed by atoms with E-state index in [4.69, 9.17) is 14.5 Å². The average molecular weight is 776 g/mol. The van der Waals surface area contributed by atoms with Crippen molar-refractivity contribution in [3.8, 4) is 5.88 Å². The summed E-state index contributed by atoms with van der Waals surface area (Å²) in [6.45, 7) is 8.09. The lowest BCUT2D eigenvalue weighted by molar-refractivity contribution is -0.142. The van der Waals surface area contributed by atoms with E-state index in [1.807, 2.05) is 50.3 Å². The number of ether oxygens (including phenoxy) is 2. The highest BCUT2D eigenvalue weighted by atomic mass is 32.2. The summed E-state index contributed by atoms with van der Waals surface area (Å²) in [7, 11) is -3.89. The number of rotatable bonds is 7. The summed E-state index contributed by atoms with van der Waals surface area (Å²) in [5.41, 5.74) is -0.342. The zero-order valence-electron chi connectivity index (χ0n) is 31.8. The molecule has 1 aromatic heterocycles. The van der Waals surface area contributed by atoms with Crippen LogP contribution in [0.1, 0.15) is 96.5 Å². The van der Waals surface area contributed by atoms with Crippen molar-refractivity contribution in [3.05, 3.63) is 54.6 Å². The van der Waals surface area contributed by atoms with E-state index in [1.165, 1.54) is 11.0 Å². The topological polar surface area (TPSA) is 173 Å². The molecule has 4 fully saturated rings. The van der Waals surface area contributed by atoms with Crippen LogP contribution in [0.5, 0.6) is 5.88 Å². The number of aromatic nitrogens is 1. The summed E-state index contributed by atoms with van der Waals surface area (Å²) < 4.78 is 40.1. The van der Waals surface area contributed by atoms with E-state index in [-0.39, 0.29) is 37.3 Å². The molecule has 3 saturated carbocycles. The quantitative estimate of drug-likeness (QED) is 0.322. The van der Waals surface area contributed by atoms with Gasteiger partial charge in [-0.3, -0.25) is 19.1 Å². The second-order valence-electron chi connectivity index (χ2n) is 16.8. The van der Waals surface area contributed by atoms with Gasteiger partial charge >= 0.3 is 6.09 Å². The molecule has 1 aromatic carbocycles. The number of hydrogen-bond acceptors (Lipinski definition) is 9. The Morgan fingerprint density at radius 3 is 2.56 bits per heavy atom. The van der Waals surface area contributed by atoms with Crippen LogP contribution in [-0.2, 0) is 29.1 Å². The number of alkyl carbamates (subject to hydrolysis) is 1. The van der Waals surface area contributed by atoms with Gasteiger partial charge in [0.15, 0.2) is 0 Å². The summed E-state index contributed by atoms with van der Waals surface area (Å²) in [4.78, 5) is 62.6. The monoisotopic (exact) mass is 775 g/mol. The maximum atomic E-state index is 14.8. The highest BCUT2D eigenvalue weighted by Gasteiger charge is 2.62. The number of hydrogen-bond donors (Lipinski definition) is 3. The van der Waals surface area contributed by atoms with Crippen molar-refractivity contribution in [2.75, 3.05) is 13.2 Å². The van der Waals surface area contributed by atoms with Crippen LogP contribution in [-0.4, -0.2) is 84.2 Å². The number of benzene rings is 1. The smallest absolute Gasteiger partial charge is 0.407 e. The number of cyclic esters (lactones) is 1. The van der Waals surface area contributed by atoms with Gasteiger partial charge < -0.3 is 25.0 Å². The SMILES string of the molecule is C=C[C@H]1C[C@]1(NC(=O)[C@@H]1C[C@@H]2CN1C(=O)[C@H](C1CCCCC1)NC(=O)OCC(C)(C)CCC/C=C/c1cc3ccccc3nc1O2)C(=O)NS(=O)(=O)C1CC1. The summed E-state index contributed by atoms with van der Waals surface area (Å²) >= 11 is 0. The maximum absolute atomic E-state index is 14.8. The molecule has 4 amide bonds. The summed E-state index contributed by atoms with van der Waals surface area (Å²) in [5, 5.41) is 6.06. The van der Waals surface area contributed by atoms with Crippen LogP contribution in [0.3, 0.4) is 0 Å². The molecule has 0 spiro atoms. The number of allylic oxidation sites excluding steroid dienone is 1. The molecular weight excluding hydrogens is 723 g/mol. The van der Waals surface area contributed by atoms with Crippen molar-refractivity contribution in [2.24, 2.45) is 17.3 Å². The predicted molar refractivity (Wildman–Crippen MR) is 207 cm³/mol. The molecule has 1 saturated heterocycles. The number of nitrogens with zero attached hydrogens (tertiary/aromatic N) is 2. The molecule has 5 aliphatic rings. The lowest BCUT2D eigenvalue weighted by Crippen LogP contribution is -2.59. The van der Waals surface area contributed by atoms with Crippen molar-refractivity contribution in [3.63, 3.8) is 0 Å². The maximum Gasteiger partial charge on any atom is 0.407 e. The van der Waals surface area contributed by atoms with E-state index >= 15 is 0 Å². The first kappa shape index (κ1) is 38.8. The molecule has 14 heteroatoms. The van der Waals surface area contributed by atoms with E-state index in [0.717, 1.165) is 67.8 Å². The Hall–Kier alpha value is -4.46. The first-order chi connectivity index (χ1) is 26.3. The Morgan fingerprint density at radius 2 is 1.84 bits per heavy atom. The molecule has 55 heavy (non-hydrogen) atoms. The van der Waals surface area contributed by atoms with Gasteiger partial charge in [0.1, 0.15) is 23.7 Å². The third-order valence-electron chi connectivity index (χ3n) is 11.9. The first-order valence-electron chi connectivity index (χ1n) is 19.8. The molecule has 2 aromatic rings. The fourth-order valence-corrected chi connectivity index (χ4v) is 9.68. The summed E-state index contributed by atoms with van der Waals surface area (Å²) in [6.07, 6.45) is 12.1. The molecule has 3 aliphatic carbocycles. The van der Waals surface area contributed by atoms with Gasteiger partial charge in [-0.05, 0) is 74.8 Å². The highest BCUT2D eigenvalue weighted by Crippen LogP contribution is 2.45. The Morgan fingerprint density at radius 1 is 1.07 bits per heavy atom. The van der Waals surface area contributed by atoms with E-state index in [1.54, 1.807) is 0 Å². The Balaban J connectivity index is 1.23. The van der Waals surface area contributed by atoms with Crippen LogP contribution in [0, 0.1) is 17.3 Å². The second kappa shape index (κ2) is 15.6. The minimum absolute atomic E-state index is 0.0156. The normalized spacial score (nSPS) is 29.7. The van der Waals surface area contributed by atoms with Gasteiger partial charge in [-0.25, -0.2) is 18.2 Å². The minimum atomic E-state index is -3.89. The van der Waals surface area contributed by atoms with Crippen LogP contribution >= 0.6 is 0 Å². The number of carbonyl (C=O) groups excluding carboxylic acids is 4. The lowest BCUT2D eigenvalue weighted by atomic mass is 9.83. The number of amides is 4. The third-order valence-corrected chi connectivity index (χ3v) is 13.7. The van der Waals surface area contributed by atoms with Gasteiger partial charge in [0.25, 0.3) is 5.91 Å². The van der Waals surface area contributed by atoms with Crippen LogP contribution in [0.15, 0.2) is 49.1 Å². The van der Waals surface area contributed by atoms with Crippen LogP contribution in [0.2, 0.25) is 0 Å². The van der Waals surface area contributed by atoms with Crippen LogP contribution in [0.25, 0.3) is 17.0 Å². The molecule has 3 heterocycles. The van der Waals surface area contributed by atoms with Gasteiger partial charge in [0.05, 0.1) is 23.9 Å². The zero-order valence-corrected chi connectivity index (χ0v) is 32.6. The number of pyridine rings is 1. The lowest BCUT2D eigenvalue weighted by Gasteiger charge is -2.35. The van der Waals surface area contributed by atoms with Gasteiger partial charge in [-0.2, -0.15) is 0 Å². The van der Waals surface area contributed by atoms with Crippen molar-refractivity contribution >= 4 is 50.8 Å². The molecular formula is C41H53N5O8S. The summed E-state index contributed by atoms with van der Waals surface area (Å²) in [5.74, 6) is -2.18. The molecule has 2 aliphatic heterocycles. The van der Waals surface area contributed by atoms with E-state index in [9.17, 15) is 27.6 Å². The molecule has 5 atom stereocenters. The molecule has 296 valence electrons. The molecule has 7 rings (SSSR count). The van der Waals surface area contributed by atoms with Crippen LogP contribution in [0.4, 0.5) is 4.79 Å². The molecule has 13 nitrogen and oxygen atoms in total. The Labute approximate surface area is 323 Å². The Kier molecular flexibility index (Phi) is 11.0. The van der Waals surface area contributed by atoms with Crippen molar-refractivity contribution in [1.29, 1.82) is 0 Å². The number of fused-ring (bicyclic) bond motifs is 4. The largest absolute Gasteiger partial charge is 0.472 e. The third kappa shape index (κ3) is 8.69. The van der Waals surface area contributed by atoms with Crippen LogP contribution < -0.4 is 20.1 Å². The minimum Gasteiger partial charge on any atom is -0.472 e. The average Bonchev–Trinajstić information content (AvgIpc) is 4.09. The van der Waals surface area contributed by atoms with Gasteiger partial charge in [0, 0.05) is 23.3 Å². The number of nitrogens with one attached hydrogen (secondary N) is 3. The zero-order chi connectivity index (χ0) is 39.0. The van der Waals surface area contributed by atoms with E-state index in [0.29, 0.717) is 18.7 Å². The standard InChI is InChI=1S/C41H53N5O8S/c1-4-29-23-41(29,38(49)45-55(51,52)31-18-19-31)44-35(47)33-22-30-24-46(33)37(48)34(26-13-7-5-8-14-26)43-39(50)53-25-40(2,3)20-12-6-9-16-28-21-27-15-10-11-17-32(27)42-36(28)54-30/h4,9-11,15-17,21,26,29-31,33-34H,1,5-8,12-14,18-20,22-25H2,2-3H3,(H,43,50)(H,44,47)(H,45,49)/b16-9+/t29-,30+,33-,34-,41+/m0/s1. The molecule has 0 unspecified atom stereocenters. The fraction of sp³-hybridized carbons (Fsp3) is 0.585. The van der Waals surface area contributed by atoms with E-state index in [2.05, 4.69) is 28.0 Å². The first-order valence-corrected chi connectivity index (χ1v) is 21.3. The van der Waals surface area contributed by atoms with Crippen molar-refractivity contribution in [2.45, 2.75) is 120 Å². The number of carbonyl (C=O) groups is 4. The Bertz CT molecular complexity index is 1970. The predicted octanol–water partition coefficient (Wildman–Crippen LogP) is 5.15. The van der Waals surface area contributed by atoms with Gasteiger partial charge in [-0.1, -0.05) is 69.5 Å². The highest BCUT2D eigenvalue weighted by molar-refractivity contribution is 7.91. The number of para-hydroxylation sites is 1. The van der Waals surface area contributed by atoms with E-state index < -0.39 is 68.7 Å². The molecule has 2 bridgehead atoms. The van der Waals surface area contributed by atoms with Crippen molar-refractivity contribution < 1.29 is 37.1 Å². The molecule has 0 radical (unpaired) electrons. The van der Waals surface area contributed by atoms with Gasteiger partial charge in [-0.15, -0.1) is 6.58 Å². The number of sulfonamides is 1. The fourth-order valence-electron chi connectivity index (χ4n) is 8.32. The summed E-state index contributed by atoms with van der Waals surface area (Å²) in [6, 6.07) is 7.69.